The molecule has 0 aromatic heterocycles. The normalized spacial score (nSPS) is 43.1. The van der Waals surface area contributed by atoms with Gasteiger partial charge in [0.05, 0.1) is 24.7 Å². The topological polar surface area (TPSA) is 35.5 Å². The SMILES string of the molecule is CCC1CC(CC)C(C(=O)OCC2CC3CCC2O3)C1. The number of carbonyl (C=O) groups is 1. The first-order chi connectivity index (χ1) is 9.71. The van der Waals surface area contributed by atoms with E-state index in [2.05, 4.69) is 13.8 Å². The minimum Gasteiger partial charge on any atom is -0.465 e. The number of hydrogen-bond donors (Lipinski definition) is 0. The summed E-state index contributed by atoms with van der Waals surface area (Å²) in [7, 11) is 0. The van der Waals surface area contributed by atoms with Crippen LogP contribution < -0.4 is 0 Å². The van der Waals surface area contributed by atoms with Gasteiger partial charge in [0.25, 0.3) is 0 Å². The Kier molecular flexibility index (Phi) is 4.34. The first-order valence-electron chi connectivity index (χ1n) is 8.53. The highest BCUT2D eigenvalue weighted by Gasteiger charge is 2.42. The summed E-state index contributed by atoms with van der Waals surface area (Å²) in [5.41, 5.74) is 0. The largest absolute Gasteiger partial charge is 0.465 e. The smallest absolute Gasteiger partial charge is 0.309 e. The molecule has 1 saturated carbocycles. The minimum atomic E-state index is 0.0653. The zero-order valence-electron chi connectivity index (χ0n) is 12.8. The van der Waals surface area contributed by atoms with E-state index in [4.69, 9.17) is 9.47 Å². The highest BCUT2D eigenvalue weighted by atomic mass is 16.5. The Labute approximate surface area is 122 Å². The molecule has 6 atom stereocenters. The molecule has 0 spiro atoms. The van der Waals surface area contributed by atoms with E-state index < -0.39 is 0 Å². The maximum atomic E-state index is 12.4. The monoisotopic (exact) mass is 280 g/mol. The lowest BCUT2D eigenvalue weighted by Gasteiger charge is -2.21. The molecule has 0 radical (unpaired) electrons. The van der Waals surface area contributed by atoms with Gasteiger partial charge in [0, 0.05) is 5.92 Å². The fraction of sp³-hybridized carbons (Fsp3) is 0.941. The second-order valence-electron chi connectivity index (χ2n) is 7.02. The number of hydrogen-bond acceptors (Lipinski definition) is 3. The minimum absolute atomic E-state index is 0.0653. The Balaban J connectivity index is 1.49. The summed E-state index contributed by atoms with van der Waals surface area (Å²) in [4.78, 5) is 12.4. The van der Waals surface area contributed by atoms with Gasteiger partial charge in [-0.2, -0.15) is 0 Å². The summed E-state index contributed by atoms with van der Waals surface area (Å²) in [5.74, 6) is 1.95. The number of carbonyl (C=O) groups excluding carboxylic acids is 1. The number of rotatable bonds is 5. The lowest BCUT2D eigenvalue weighted by Crippen LogP contribution is -2.27. The zero-order valence-corrected chi connectivity index (χ0v) is 12.8. The second-order valence-corrected chi connectivity index (χ2v) is 7.02. The second kappa shape index (κ2) is 6.05. The molecule has 3 heteroatoms. The third-order valence-corrected chi connectivity index (χ3v) is 5.87. The molecule has 0 aromatic carbocycles. The van der Waals surface area contributed by atoms with Gasteiger partial charge in [-0.05, 0) is 43.9 Å². The van der Waals surface area contributed by atoms with Crippen LogP contribution in [0.25, 0.3) is 0 Å². The van der Waals surface area contributed by atoms with Gasteiger partial charge in [-0.15, -0.1) is 0 Å². The first-order valence-corrected chi connectivity index (χ1v) is 8.53. The standard InChI is InChI=1S/C17H28O3/c1-3-11-7-12(4-2)15(8-11)17(18)19-10-13-9-14-5-6-16(13)20-14/h11-16H,3-10H2,1-2H3. The Morgan fingerprint density at radius 1 is 1.10 bits per heavy atom. The van der Waals surface area contributed by atoms with Crippen molar-refractivity contribution in [2.75, 3.05) is 6.61 Å². The van der Waals surface area contributed by atoms with Crippen LogP contribution in [-0.2, 0) is 14.3 Å². The molecule has 0 amide bonds. The van der Waals surface area contributed by atoms with Gasteiger partial charge in [-0.25, -0.2) is 0 Å². The fourth-order valence-corrected chi connectivity index (χ4v) is 4.53. The van der Waals surface area contributed by atoms with Gasteiger partial charge in [-0.3, -0.25) is 4.79 Å². The predicted molar refractivity (Wildman–Crippen MR) is 77.2 cm³/mol. The van der Waals surface area contributed by atoms with Crippen molar-refractivity contribution in [2.24, 2.45) is 23.7 Å². The number of fused-ring (bicyclic) bond motifs is 2. The van der Waals surface area contributed by atoms with E-state index in [9.17, 15) is 4.79 Å². The van der Waals surface area contributed by atoms with E-state index >= 15 is 0 Å². The van der Waals surface area contributed by atoms with Crippen LogP contribution in [0.1, 0.15) is 58.8 Å². The Bertz CT molecular complexity index is 354. The van der Waals surface area contributed by atoms with Crippen molar-refractivity contribution in [1.29, 1.82) is 0 Å². The molecule has 0 N–H and O–H groups in total. The van der Waals surface area contributed by atoms with Crippen molar-refractivity contribution < 1.29 is 14.3 Å². The first kappa shape index (κ1) is 14.4. The number of ether oxygens (including phenoxy) is 2. The summed E-state index contributed by atoms with van der Waals surface area (Å²) >= 11 is 0. The molecule has 2 heterocycles. The van der Waals surface area contributed by atoms with Crippen LogP contribution in [0, 0.1) is 23.7 Å². The Morgan fingerprint density at radius 3 is 2.55 bits per heavy atom. The van der Waals surface area contributed by atoms with Crippen LogP contribution in [0.15, 0.2) is 0 Å². The van der Waals surface area contributed by atoms with Crippen molar-refractivity contribution in [1.82, 2.24) is 0 Å². The Hall–Kier alpha value is -0.570. The van der Waals surface area contributed by atoms with E-state index in [0.29, 0.717) is 30.7 Å². The molecule has 3 fully saturated rings. The molecule has 0 aromatic rings. The molecular weight excluding hydrogens is 252 g/mol. The number of esters is 1. The Morgan fingerprint density at radius 2 is 1.95 bits per heavy atom. The van der Waals surface area contributed by atoms with E-state index in [1.807, 2.05) is 0 Å². The van der Waals surface area contributed by atoms with Crippen LogP contribution in [0.4, 0.5) is 0 Å². The lowest BCUT2D eigenvalue weighted by atomic mass is 9.90. The van der Waals surface area contributed by atoms with Crippen LogP contribution in [0.5, 0.6) is 0 Å². The fourth-order valence-electron chi connectivity index (χ4n) is 4.53. The van der Waals surface area contributed by atoms with E-state index in [-0.39, 0.29) is 11.9 Å². The molecule has 114 valence electrons. The predicted octanol–water partition coefficient (Wildman–Crippen LogP) is 3.56. The van der Waals surface area contributed by atoms with Gasteiger partial charge in [0.15, 0.2) is 0 Å². The highest BCUT2D eigenvalue weighted by Crippen LogP contribution is 2.42. The van der Waals surface area contributed by atoms with Gasteiger partial charge >= 0.3 is 5.97 Å². The zero-order chi connectivity index (χ0) is 14.1. The molecule has 2 aliphatic heterocycles. The van der Waals surface area contributed by atoms with Gasteiger partial charge < -0.3 is 9.47 Å². The quantitative estimate of drug-likeness (QED) is 0.722. The summed E-state index contributed by atoms with van der Waals surface area (Å²) < 4.78 is 11.5. The molecule has 20 heavy (non-hydrogen) atoms. The maximum absolute atomic E-state index is 12.4. The third-order valence-electron chi connectivity index (χ3n) is 5.87. The molecule has 2 saturated heterocycles. The molecule has 3 aliphatic rings. The molecule has 2 bridgehead atoms. The molecule has 6 unspecified atom stereocenters. The summed E-state index contributed by atoms with van der Waals surface area (Å²) in [6, 6.07) is 0. The van der Waals surface area contributed by atoms with Crippen molar-refractivity contribution in [2.45, 2.75) is 71.0 Å². The van der Waals surface area contributed by atoms with Crippen molar-refractivity contribution in [3.8, 4) is 0 Å². The molecule has 1 aliphatic carbocycles. The molecular formula is C17H28O3. The summed E-state index contributed by atoms with van der Waals surface area (Å²) in [6.45, 7) is 5.02. The van der Waals surface area contributed by atoms with Crippen LogP contribution in [0.3, 0.4) is 0 Å². The van der Waals surface area contributed by atoms with E-state index in [1.54, 1.807) is 0 Å². The van der Waals surface area contributed by atoms with Gasteiger partial charge in [0.1, 0.15) is 0 Å². The van der Waals surface area contributed by atoms with Gasteiger partial charge in [-0.1, -0.05) is 26.7 Å². The van der Waals surface area contributed by atoms with Crippen LogP contribution >= 0.6 is 0 Å². The van der Waals surface area contributed by atoms with Crippen molar-refractivity contribution in [3.05, 3.63) is 0 Å². The van der Waals surface area contributed by atoms with Crippen LogP contribution in [0.2, 0.25) is 0 Å². The van der Waals surface area contributed by atoms with Crippen molar-refractivity contribution in [3.63, 3.8) is 0 Å². The molecule has 3 nitrogen and oxygen atoms in total. The lowest BCUT2D eigenvalue weighted by molar-refractivity contribution is -0.151. The average molecular weight is 280 g/mol. The highest BCUT2D eigenvalue weighted by molar-refractivity contribution is 5.73. The summed E-state index contributed by atoms with van der Waals surface area (Å²) in [6.07, 6.45) is 8.82. The van der Waals surface area contributed by atoms with Crippen molar-refractivity contribution >= 4 is 5.97 Å². The third kappa shape index (κ3) is 2.74. The summed E-state index contributed by atoms with van der Waals surface area (Å²) in [5, 5.41) is 0. The van der Waals surface area contributed by atoms with E-state index in [0.717, 1.165) is 31.6 Å². The maximum Gasteiger partial charge on any atom is 0.309 e. The van der Waals surface area contributed by atoms with Crippen LogP contribution in [-0.4, -0.2) is 24.8 Å². The van der Waals surface area contributed by atoms with E-state index in [1.165, 1.54) is 19.3 Å². The molecule has 3 rings (SSSR count). The van der Waals surface area contributed by atoms with Gasteiger partial charge in [0.2, 0.25) is 0 Å². The average Bonchev–Trinajstić information content (AvgIpc) is 3.18.